The summed E-state index contributed by atoms with van der Waals surface area (Å²) in [6.45, 7) is 1.40. The Bertz CT molecular complexity index is 339. The number of carboxylic acids is 1. The summed E-state index contributed by atoms with van der Waals surface area (Å²) >= 11 is 0. The minimum absolute atomic E-state index is 0.0615. The molecule has 0 unspecified atom stereocenters. The van der Waals surface area contributed by atoms with E-state index in [-0.39, 0.29) is 5.91 Å². The maximum atomic E-state index is 12.2. The zero-order valence-electron chi connectivity index (χ0n) is 11.3. The number of carboxylic acid groups (broad SMARTS) is 1. The summed E-state index contributed by atoms with van der Waals surface area (Å²) in [6, 6.07) is 0. The first kappa shape index (κ1) is 14.7. The number of carbonyl (C=O) groups is 2. The van der Waals surface area contributed by atoms with Gasteiger partial charge in [-0.25, -0.2) is 0 Å². The van der Waals surface area contributed by atoms with E-state index in [1.165, 1.54) is 0 Å². The number of rotatable bonds is 5. The topological polar surface area (TPSA) is 60.9 Å². The van der Waals surface area contributed by atoms with Gasteiger partial charge in [0.1, 0.15) is 0 Å². The molecular weight excluding hydrogens is 232 g/mol. The van der Waals surface area contributed by atoms with Crippen LogP contribution in [0.3, 0.4) is 0 Å². The summed E-state index contributed by atoms with van der Waals surface area (Å²) in [5, 5.41) is 9.14. The van der Waals surface area contributed by atoms with Gasteiger partial charge in [0.25, 0.3) is 0 Å². The predicted molar refractivity (Wildman–Crippen MR) is 69.2 cm³/mol. The third-order valence-electron chi connectivity index (χ3n) is 3.33. The van der Waals surface area contributed by atoms with E-state index in [0.717, 1.165) is 6.54 Å². The van der Waals surface area contributed by atoms with Gasteiger partial charge in [0, 0.05) is 20.1 Å². The maximum Gasteiger partial charge on any atom is 0.307 e. The zero-order valence-corrected chi connectivity index (χ0v) is 11.3. The molecule has 1 rings (SSSR count). The first-order chi connectivity index (χ1) is 8.43. The fraction of sp³-hybridized carbons (Fsp3) is 0.692. The quantitative estimate of drug-likeness (QED) is 0.733. The van der Waals surface area contributed by atoms with E-state index in [4.69, 9.17) is 5.11 Å². The van der Waals surface area contributed by atoms with Crippen molar-refractivity contribution in [3.05, 3.63) is 12.2 Å². The molecule has 5 nitrogen and oxygen atoms in total. The largest absolute Gasteiger partial charge is 0.481 e. The fourth-order valence-electron chi connectivity index (χ4n) is 2.10. The standard InChI is InChI=1S/C13H22N2O3/c1-14(2)8-9-15(3)12(16)10-6-4-5-7-11(10)13(17)18/h4-5,10-11H,6-9H2,1-3H3,(H,17,18)/t10-,11+/m1/s1. The number of hydrogen-bond donors (Lipinski definition) is 1. The Morgan fingerprint density at radius 2 is 1.67 bits per heavy atom. The van der Waals surface area contributed by atoms with Crippen LogP contribution in [0, 0.1) is 11.8 Å². The molecule has 1 amide bonds. The van der Waals surface area contributed by atoms with Gasteiger partial charge in [0.15, 0.2) is 0 Å². The summed E-state index contributed by atoms with van der Waals surface area (Å²) < 4.78 is 0. The number of allylic oxidation sites excluding steroid dienone is 2. The Morgan fingerprint density at radius 1 is 1.11 bits per heavy atom. The molecule has 0 spiro atoms. The van der Waals surface area contributed by atoms with E-state index in [9.17, 15) is 9.59 Å². The molecule has 0 aromatic rings. The normalized spacial score (nSPS) is 23.1. The highest BCUT2D eigenvalue weighted by Gasteiger charge is 2.35. The molecule has 0 saturated heterocycles. The monoisotopic (exact) mass is 254 g/mol. The Balaban J connectivity index is 2.63. The molecule has 0 heterocycles. The van der Waals surface area contributed by atoms with Crippen LogP contribution in [0.1, 0.15) is 12.8 Å². The van der Waals surface area contributed by atoms with E-state index < -0.39 is 17.8 Å². The van der Waals surface area contributed by atoms with Crippen LogP contribution in [0.2, 0.25) is 0 Å². The molecule has 0 aliphatic heterocycles. The maximum absolute atomic E-state index is 12.2. The van der Waals surface area contributed by atoms with Crippen molar-refractivity contribution in [2.24, 2.45) is 11.8 Å². The minimum Gasteiger partial charge on any atom is -0.481 e. The third kappa shape index (κ3) is 3.84. The van der Waals surface area contributed by atoms with Crippen molar-refractivity contribution < 1.29 is 14.7 Å². The number of likely N-dealkylation sites (N-methyl/N-ethyl adjacent to an activating group) is 2. The second-order valence-electron chi connectivity index (χ2n) is 5.06. The van der Waals surface area contributed by atoms with E-state index >= 15 is 0 Å². The third-order valence-corrected chi connectivity index (χ3v) is 3.33. The van der Waals surface area contributed by atoms with Crippen LogP contribution in [0.15, 0.2) is 12.2 Å². The zero-order chi connectivity index (χ0) is 13.7. The molecule has 1 aliphatic carbocycles. The van der Waals surface area contributed by atoms with E-state index in [1.807, 2.05) is 31.1 Å². The Hall–Kier alpha value is -1.36. The number of aliphatic carboxylic acids is 1. The van der Waals surface area contributed by atoms with Crippen molar-refractivity contribution in [3.63, 3.8) is 0 Å². The van der Waals surface area contributed by atoms with Crippen LogP contribution < -0.4 is 0 Å². The lowest BCUT2D eigenvalue weighted by Gasteiger charge is -2.29. The lowest BCUT2D eigenvalue weighted by molar-refractivity contribution is -0.150. The van der Waals surface area contributed by atoms with Crippen LogP contribution in [-0.2, 0) is 9.59 Å². The van der Waals surface area contributed by atoms with Crippen LogP contribution >= 0.6 is 0 Å². The predicted octanol–water partition coefficient (Wildman–Crippen LogP) is 0.673. The molecule has 5 heteroatoms. The molecule has 0 fully saturated rings. The van der Waals surface area contributed by atoms with Gasteiger partial charge in [0.2, 0.25) is 5.91 Å². The molecule has 18 heavy (non-hydrogen) atoms. The van der Waals surface area contributed by atoms with Gasteiger partial charge in [-0.05, 0) is 26.9 Å². The second kappa shape index (κ2) is 6.54. The number of nitrogens with zero attached hydrogens (tertiary/aromatic N) is 2. The molecule has 0 radical (unpaired) electrons. The highest BCUT2D eigenvalue weighted by Crippen LogP contribution is 2.27. The molecule has 102 valence electrons. The molecule has 0 aromatic carbocycles. The van der Waals surface area contributed by atoms with Crippen molar-refractivity contribution in [3.8, 4) is 0 Å². The number of carbonyl (C=O) groups excluding carboxylic acids is 1. The second-order valence-corrected chi connectivity index (χ2v) is 5.06. The van der Waals surface area contributed by atoms with Crippen LogP contribution in [0.4, 0.5) is 0 Å². The van der Waals surface area contributed by atoms with Crippen LogP contribution in [0.5, 0.6) is 0 Å². The molecule has 0 bridgehead atoms. The highest BCUT2D eigenvalue weighted by atomic mass is 16.4. The summed E-state index contributed by atoms with van der Waals surface area (Å²) in [6.07, 6.45) is 4.74. The first-order valence-corrected chi connectivity index (χ1v) is 6.21. The van der Waals surface area contributed by atoms with E-state index in [0.29, 0.717) is 19.4 Å². The summed E-state index contributed by atoms with van der Waals surface area (Å²) in [5.41, 5.74) is 0. The Labute approximate surface area is 108 Å². The van der Waals surface area contributed by atoms with Gasteiger partial charge in [0.05, 0.1) is 11.8 Å². The smallest absolute Gasteiger partial charge is 0.307 e. The average molecular weight is 254 g/mol. The lowest BCUT2D eigenvalue weighted by Crippen LogP contribution is -2.42. The van der Waals surface area contributed by atoms with Gasteiger partial charge in [-0.2, -0.15) is 0 Å². The Kier molecular flexibility index (Phi) is 5.34. The van der Waals surface area contributed by atoms with Gasteiger partial charge in [-0.15, -0.1) is 0 Å². The van der Waals surface area contributed by atoms with Gasteiger partial charge < -0.3 is 14.9 Å². The summed E-state index contributed by atoms with van der Waals surface area (Å²) in [5.74, 6) is -1.93. The SMILES string of the molecule is CN(C)CCN(C)C(=O)[C@@H]1CC=CC[C@@H]1C(=O)O. The molecular formula is C13H22N2O3. The fourth-order valence-corrected chi connectivity index (χ4v) is 2.10. The molecule has 0 saturated carbocycles. The number of hydrogen-bond acceptors (Lipinski definition) is 3. The van der Waals surface area contributed by atoms with Crippen molar-refractivity contribution >= 4 is 11.9 Å². The van der Waals surface area contributed by atoms with Crippen LogP contribution in [-0.4, -0.2) is 61.0 Å². The summed E-state index contributed by atoms with van der Waals surface area (Å²) in [4.78, 5) is 27.0. The van der Waals surface area contributed by atoms with Crippen molar-refractivity contribution in [1.82, 2.24) is 9.80 Å². The first-order valence-electron chi connectivity index (χ1n) is 6.21. The molecule has 0 aromatic heterocycles. The van der Waals surface area contributed by atoms with E-state index in [2.05, 4.69) is 0 Å². The van der Waals surface area contributed by atoms with Crippen molar-refractivity contribution in [1.29, 1.82) is 0 Å². The van der Waals surface area contributed by atoms with Crippen molar-refractivity contribution in [2.75, 3.05) is 34.2 Å². The minimum atomic E-state index is -0.876. The molecule has 2 atom stereocenters. The summed E-state index contributed by atoms with van der Waals surface area (Å²) in [7, 11) is 5.63. The molecule has 1 aliphatic rings. The van der Waals surface area contributed by atoms with Gasteiger partial charge in [-0.3, -0.25) is 9.59 Å². The average Bonchev–Trinajstić information content (AvgIpc) is 2.34. The van der Waals surface area contributed by atoms with Gasteiger partial charge in [-0.1, -0.05) is 12.2 Å². The van der Waals surface area contributed by atoms with Gasteiger partial charge >= 0.3 is 5.97 Å². The van der Waals surface area contributed by atoms with Crippen molar-refractivity contribution in [2.45, 2.75) is 12.8 Å². The molecule has 1 N–H and O–H groups in total. The number of amides is 1. The van der Waals surface area contributed by atoms with E-state index in [1.54, 1.807) is 11.9 Å². The van der Waals surface area contributed by atoms with Crippen LogP contribution in [0.25, 0.3) is 0 Å². The Morgan fingerprint density at radius 3 is 2.17 bits per heavy atom. The lowest BCUT2D eigenvalue weighted by atomic mass is 9.82. The highest BCUT2D eigenvalue weighted by molar-refractivity contribution is 5.85.